The van der Waals surface area contributed by atoms with Crippen LogP contribution in [0.2, 0.25) is 0 Å². The smallest absolute Gasteiger partial charge is 0.225 e. The number of amides is 1. The Labute approximate surface area is 135 Å². The van der Waals surface area contributed by atoms with E-state index in [0.29, 0.717) is 19.5 Å². The fourth-order valence-electron chi connectivity index (χ4n) is 2.59. The summed E-state index contributed by atoms with van der Waals surface area (Å²) in [5.41, 5.74) is 0.863. The van der Waals surface area contributed by atoms with Gasteiger partial charge < -0.3 is 9.73 Å². The molecule has 1 amide bonds. The van der Waals surface area contributed by atoms with Gasteiger partial charge >= 0.3 is 0 Å². The maximum Gasteiger partial charge on any atom is 0.225 e. The summed E-state index contributed by atoms with van der Waals surface area (Å²) in [5.74, 6) is 0.926. The van der Waals surface area contributed by atoms with Crippen LogP contribution in [0.15, 0.2) is 65.3 Å². The van der Waals surface area contributed by atoms with Crippen molar-refractivity contribution in [3.63, 3.8) is 0 Å². The van der Waals surface area contributed by atoms with Crippen LogP contribution in [0, 0.1) is 0 Å². The first kappa shape index (κ1) is 15.3. The van der Waals surface area contributed by atoms with Gasteiger partial charge in [-0.15, -0.1) is 0 Å². The lowest BCUT2D eigenvalue weighted by Crippen LogP contribution is -2.23. The van der Waals surface area contributed by atoms with Crippen LogP contribution in [-0.2, 0) is 11.3 Å². The Bertz CT molecular complexity index is 776. The molecule has 0 saturated heterocycles. The third-order valence-electron chi connectivity index (χ3n) is 3.79. The molecule has 3 aromatic rings. The summed E-state index contributed by atoms with van der Waals surface area (Å²) in [6.45, 7) is 1.38. The van der Waals surface area contributed by atoms with Gasteiger partial charge in [-0.3, -0.25) is 9.69 Å². The number of carbonyl (C=O) groups is 1. The summed E-state index contributed by atoms with van der Waals surface area (Å²) in [6.07, 6.45) is 2.11. The van der Waals surface area contributed by atoms with Gasteiger partial charge in [0.1, 0.15) is 5.76 Å². The van der Waals surface area contributed by atoms with E-state index in [2.05, 4.69) is 10.2 Å². The third kappa shape index (κ3) is 3.99. The summed E-state index contributed by atoms with van der Waals surface area (Å²) < 4.78 is 5.31. The van der Waals surface area contributed by atoms with Crippen molar-refractivity contribution in [1.82, 2.24) is 4.90 Å². The number of anilines is 1. The molecule has 0 atom stereocenters. The lowest BCUT2D eigenvalue weighted by atomic mass is 10.1. The average Bonchev–Trinajstić information content (AvgIpc) is 3.06. The van der Waals surface area contributed by atoms with Crippen molar-refractivity contribution in [1.29, 1.82) is 0 Å². The van der Waals surface area contributed by atoms with Crippen LogP contribution in [0.25, 0.3) is 10.8 Å². The molecule has 4 heteroatoms. The highest BCUT2D eigenvalue weighted by atomic mass is 16.3. The second kappa shape index (κ2) is 7.11. The number of rotatable bonds is 6. The molecule has 0 spiro atoms. The van der Waals surface area contributed by atoms with Crippen molar-refractivity contribution in [3.8, 4) is 0 Å². The van der Waals surface area contributed by atoms with E-state index in [1.165, 1.54) is 0 Å². The number of fused-ring (bicyclic) bond motifs is 1. The average molecular weight is 308 g/mol. The molecule has 0 aliphatic heterocycles. The molecule has 3 rings (SSSR count). The van der Waals surface area contributed by atoms with Crippen LogP contribution in [0.1, 0.15) is 12.2 Å². The van der Waals surface area contributed by atoms with Crippen molar-refractivity contribution in [2.75, 3.05) is 18.9 Å². The number of hydrogen-bond acceptors (Lipinski definition) is 3. The minimum atomic E-state index is 0.0210. The maximum absolute atomic E-state index is 12.2. The van der Waals surface area contributed by atoms with E-state index in [1.807, 2.05) is 61.6 Å². The van der Waals surface area contributed by atoms with Crippen LogP contribution in [0.5, 0.6) is 0 Å². The molecule has 4 nitrogen and oxygen atoms in total. The lowest BCUT2D eigenvalue weighted by Gasteiger charge is -2.15. The van der Waals surface area contributed by atoms with Crippen molar-refractivity contribution < 1.29 is 9.21 Å². The summed E-state index contributed by atoms with van der Waals surface area (Å²) in [5, 5.41) is 5.20. The molecule has 23 heavy (non-hydrogen) atoms. The molecule has 118 valence electrons. The monoisotopic (exact) mass is 308 g/mol. The number of hydrogen-bond donors (Lipinski definition) is 1. The molecule has 0 unspecified atom stereocenters. The van der Waals surface area contributed by atoms with Crippen molar-refractivity contribution in [3.05, 3.63) is 66.6 Å². The summed E-state index contributed by atoms with van der Waals surface area (Å²) in [7, 11) is 1.98. The van der Waals surface area contributed by atoms with Gasteiger partial charge in [0.15, 0.2) is 0 Å². The van der Waals surface area contributed by atoms with Crippen molar-refractivity contribution in [2.45, 2.75) is 13.0 Å². The van der Waals surface area contributed by atoms with E-state index >= 15 is 0 Å². The molecular formula is C19H20N2O2. The third-order valence-corrected chi connectivity index (χ3v) is 3.79. The Kier molecular flexibility index (Phi) is 4.74. The van der Waals surface area contributed by atoms with Crippen LogP contribution >= 0.6 is 0 Å². The fraction of sp³-hybridized carbons (Fsp3) is 0.211. The molecule has 0 aliphatic carbocycles. The first-order valence-corrected chi connectivity index (χ1v) is 7.71. The second-order valence-electron chi connectivity index (χ2n) is 5.64. The zero-order valence-corrected chi connectivity index (χ0v) is 13.2. The molecular weight excluding hydrogens is 288 g/mol. The first-order valence-electron chi connectivity index (χ1n) is 7.71. The Morgan fingerprint density at radius 1 is 1.09 bits per heavy atom. The van der Waals surface area contributed by atoms with E-state index in [0.717, 1.165) is 22.2 Å². The van der Waals surface area contributed by atoms with Gasteiger partial charge in [-0.1, -0.05) is 36.4 Å². The van der Waals surface area contributed by atoms with Gasteiger partial charge in [-0.25, -0.2) is 0 Å². The van der Waals surface area contributed by atoms with Crippen molar-refractivity contribution in [2.24, 2.45) is 0 Å². The summed E-state index contributed by atoms with van der Waals surface area (Å²) in [4.78, 5) is 14.3. The molecule has 1 aromatic heterocycles. The van der Waals surface area contributed by atoms with E-state index in [4.69, 9.17) is 4.42 Å². The highest BCUT2D eigenvalue weighted by molar-refractivity contribution is 6.02. The molecule has 0 bridgehead atoms. The van der Waals surface area contributed by atoms with Gasteiger partial charge in [0.2, 0.25) is 5.91 Å². The topological polar surface area (TPSA) is 45.5 Å². The predicted octanol–water partition coefficient (Wildman–Crippen LogP) is 3.89. The van der Waals surface area contributed by atoms with E-state index in [1.54, 1.807) is 6.26 Å². The Morgan fingerprint density at radius 3 is 2.74 bits per heavy atom. The highest BCUT2D eigenvalue weighted by Gasteiger charge is 2.08. The fourth-order valence-corrected chi connectivity index (χ4v) is 2.59. The van der Waals surface area contributed by atoms with Gasteiger partial charge in [-0.05, 0) is 30.6 Å². The molecule has 1 heterocycles. The zero-order valence-electron chi connectivity index (χ0n) is 13.2. The Morgan fingerprint density at radius 2 is 1.91 bits per heavy atom. The van der Waals surface area contributed by atoms with Crippen LogP contribution in [0.4, 0.5) is 5.69 Å². The molecule has 2 aromatic carbocycles. The molecule has 0 fully saturated rings. The predicted molar refractivity (Wildman–Crippen MR) is 92.2 cm³/mol. The minimum absolute atomic E-state index is 0.0210. The lowest BCUT2D eigenvalue weighted by molar-refractivity contribution is -0.116. The minimum Gasteiger partial charge on any atom is -0.468 e. The van der Waals surface area contributed by atoms with Gasteiger partial charge in [0.05, 0.1) is 12.8 Å². The highest BCUT2D eigenvalue weighted by Crippen LogP contribution is 2.23. The number of nitrogens with zero attached hydrogens (tertiary/aromatic N) is 1. The standard InChI is InChI=1S/C19H20N2O2/c1-21(14-16-8-5-13-23-16)12-11-19(22)20-18-10-4-7-15-6-2-3-9-17(15)18/h2-10,13H,11-12,14H2,1H3,(H,20,22). The molecule has 0 radical (unpaired) electrons. The zero-order chi connectivity index (χ0) is 16.1. The number of furan rings is 1. The largest absolute Gasteiger partial charge is 0.468 e. The maximum atomic E-state index is 12.2. The Balaban J connectivity index is 1.56. The SMILES string of the molecule is CN(CCC(=O)Nc1cccc2ccccc12)Cc1ccco1. The van der Waals surface area contributed by atoms with Gasteiger partial charge in [-0.2, -0.15) is 0 Å². The summed E-state index contributed by atoms with van der Waals surface area (Å²) in [6, 6.07) is 17.8. The molecule has 1 N–H and O–H groups in total. The molecule has 0 saturated carbocycles. The Hall–Kier alpha value is -2.59. The number of benzene rings is 2. The van der Waals surface area contributed by atoms with E-state index < -0.39 is 0 Å². The first-order chi connectivity index (χ1) is 11.2. The number of carbonyl (C=O) groups excluding carboxylic acids is 1. The second-order valence-corrected chi connectivity index (χ2v) is 5.64. The van der Waals surface area contributed by atoms with Gasteiger partial charge in [0.25, 0.3) is 0 Å². The van der Waals surface area contributed by atoms with Crippen LogP contribution in [-0.4, -0.2) is 24.4 Å². The molecule has 0 aliphatic rings. The number of nitrogens with one attached hydrogen (secondary N) is 1. The van der Waals surface area contributed by atoms with Gasteiger partial charge in [0, 0.05) is 24.0 Å². The van der Waals surface area contributed by atoms with Crippen LogP contribution < -0.4 is 5.32 Å². The van der Waals surface area contributed by atoms with E-state index in [-0.39, 0.29) is 5.91 Å². The van der Waals surface area contributed by atoms with E-state index in [9.17, 15) is 4.79 Å². The normalized spacial score (nSPS) is 11.0. The quantitative estimate of drug-likeness (QED) is 0.751. The summed E-state index contributed by atoms with van der Waals surface area (Å²) >= 11 is 0. The van der Waals surface area contributed by atoms with Crippen molar-refractivity contribution >= 4 is 22.4 Å². The van der Waals surface area contributed by atoms with Crippen LogP contribution in [0.3, 0.4) is 0 Å².